The van der Waals surface area contributed by atoms with Crippen LogP contribution >= 0.6 is 11.8 Å². The van der Waals surface area contributed by atoms with Gasteiger partial charge in [0.25, 0.3) is 0 Å². The van der Waals surface area contributed by atoms with E-state index >= 15 is 0 Å². The summed E-state index contributed by atoms with van der Waals surface area (Å²) >= 11 is 1.60. The topological polar surface area (TPSA) is 179 Å². The third-order valence-corrected chi connectivity index (χ3v) is 6.59. The molecule has 2 aromatic rings. The summed E-state index contributed by atoms with van der Waals surface area (Å²) < 4.78 is 1.65. The van der Waals surface area contributed by atoms with E-state index in [1.807, 2.05) is 0 Å². The minimum Gasteiger partial charge on any atom is -0.465 e. The standard InChI is InChI=1S/C16H26N6O2S.C6H12N2O3/c1-3-5-8-17-14-12-15(19-16(18-14)25-9-4-2)22(21-20-12)10-6-7-11(23)13(10)24;1-8(2)5(9)3-4-7-6(10)11/h10-11,13,23-24H,3-9H2,1-2H3,(H,17,18,19);7H,3-4H2,1-2H3,(H,10,11)/t10-,11-,13+;/m1./s1. The largest absolute Gasteiger partial charge is 0.465 e. The fourth-order valence-corrected chi connectivity index (χ4v) is 4.20. The molecule has 1 aliphatic carbocycles. The van der Waals surface area contributed by atoms with E-state index in [0.717, 1.165) is 31.6 Å². The third kappa shape index (κ3) is 8.45. The molecule has 0 saturated heterocycles. The number of thioether (sulfide) groups is 1. The normalized spacial score (nSPS) is 19.0. The van der Waals surface area contributed by atoms with Crippen molar-refractivity contribution in [2.24, 2.45) is 0 Å². The number of aliphatic hydroxyl groups is 2. The first-order valence-corrected chi connectivity index (χ1v) is 13.2. The zero-order valence-corrected chi connectivity index (χ0v) is 22.2. The van der Waals surface area contributed by atoms with E-state index in [1.54, 1.807) is 30.5 Å². The highest BCUT2D eigenvalue weighted by atomic mass is 32.2. The molecule has 13 nitrogen and oxygen atoms in total. The van der Waals surface area contributed by atoms with E-state index in [2.05, 4.69) is 44.8 Å². The maximum atomic E-state index is 10.8. The molecule has 2 heterocycles. The first-order valence-electron chi connectivity index (χ1n) is 12.2. The van der Waals surface area contributed by atoms with Gasteiger partial charge in [0.1, 0.15) is 6.10 Å². The Morgan fingerprint density at radius 3 is 2.47 bits per heavy atom. The van der Waals surface area contributed by atoms with Crippen molar-refractivity contribution in [3.63, 3.8) is 0 Å². The molecule has 0 aliphatic heterocycles. The minimum atomic E-state index is -1.10. The van der Waals surface area contributed by atoms with Crippen LogP contribution in [0.5, 0.6) is 0 Å². The molecule has 0 aromatic carbocycles. The van der Waals surface area contributed by atoms with Gasteiger partial charge in [0.05, 0.1) is 12.1 Å². The van der Waals surface area contributed by atoms with Crippen LogP contribution in [-0.2, 0) is 4.79 Å². The van der Waals surface area contributed by atoms with Crippen LogP contribution < -0.4 is 10.6 Å². The van der Waals surface area contributed by atoms with Gasteiger partial charge in [-0.05, 0) is 25.7 Å². The number of hydrogen-bond acceptors (Lipinski definition) is 10. The molecular formula is C22H38N8O5S. The van der Waals surface area contributed by atoms with Crippen LogP contribution in [0.1, 0.15) is 58.4 Å². The number of rotatable bonds is 11. The van der Waals surface area contributed by atoms with Gasteiger partial charge < -0.3 is 30.9 Å². The summed E-state index contributed by atoms with van der Waals surface area (Å²) in [4.78, 5) is 31.4. The van der Waals surface area contributed by atoms with Crippen LogP contribution in [0.4, 0.5) is 10.6 Å². The van der Waals surface area contributed by atoms with E-state index in [0.29, 0.717) is 35.0 Å². The van der Waals surface area contributed by atoms with Gasteiger partial charge in [-0.3, -0.25) is 4.79 Å². The SMILES string of the molecule is CCCCNc1nc(SCCC)nc2c1nnn2[C@@H]1CC[C@@H](O)[C@H]1O.CN(C)C(=O)CCNC(=O)O. The van der Waals surface area contributed by atoms with E-state index < -0.39 is 18.3 Å². The molecule has 36 heavy (non-hydrogen) atoms. The van der Waals surface area contributed by atoms with Crippen molar-refractivity contribution in [2.75, 3.05) is 38.3 Å². The molecule has 1 fully saturated rings. The van der Waals surface area contributed by atoms with Crippen LogP contribution in [0.3, 0.4) is 0 Å². The van der Waals surface area contributed by atoms with Crippen molar-refractivity contribution < 1.29 is 24.9 Å². The first-order chi connectivity index (χ1) is 17.2. The summed E-state index contributed by atoms with van der Waals surface area (Å²) in [7, 11) is 3.26. The number of amides is 2. The van der Waals surface area contributed by atoms with Crippen LogP contribution in [0.15, 0.2) is 5.16 Å². The number of nitrogens with zero attached hydrogens (tertiary/aromatic N) is 6. The molecule has 0 unspecified atom stereocenters. The fourth-order valence-electron chi connectivity index (χ4n) is 3.50. The molecule has 2 amide bonds. The van der Waals surface area contributed by atoms with Gasteiger partial charge in [0.2, 0.25) is 5.91 Å². The summed E-state index contributed by atoms with van der Waals surface area (Å²) in [5, 5.41) is 42.8. The summed E-state index contributed by atoms with van der Waals surface area (Å²) in [6.07, 6.45) is 1.93. The van der Waals surface area contributed by atoms with E-state index in [-0.39, 0.29) is 24.9 Å². The van der Waals surface area contributed by atoms with E-state index in [9.17, 15) is 19.8 Å². The molecule has 1 saturated carbocycles. The average Bonchev–Trinajstić information content (AvgIpc) is 3.40. The number of aliphatic hydroxyl groups excluding tert-OH is 2. The van der Waals surface area contributed by atoms with Gasteiger partial charge >= 0.3 is 6.09 Å². The second-order valence-corrected chi connectivity index (χ2v) is 9.72. The minimum absolute atomic E-state index is 0.0845. The molecular weight excluding hydrogens is 488 g/mol. The number of carbonyl (C=O) groups excluding carboxylic acids is 1. The van der Waals surface area contributed by atoms with Gasteiger partial charge in [-0.25, -0.2) is 19.4 Å². The average molecular weight is 527 g/mol. The Labute approximate surface area is 215 Å². The number of fused-ring (bicyclic) bond motifs is 1. The van der Waals surface area contributed by atoms with Crippen molar-refractivity contribution in [1.82, 2.24) is 35.2 Å². The molecule has 202 valence electrons. The Balaban J connectivity index is 0.000000352. The lowest BCUT2D eigenvalue weighted by molar-refractivity contribution is -0.128. The predicted molar refractivity (Wildman–Crippen MR) is 137 cm³/mol. The van der Waals surface area contributed by atoms with Gasteiger partial charge in [0, 0.05) is 39.4 Å². The molecule has 0 radical (unpaired) electrons. The highest BCUT2D eigenvalue weighted by Gasteiger charge is 2.37. The molecule has 3 rings (SSSR count). The number of carboxylic acid groups (broad SMARTS) is 1. The zero-order valence-electron chi connectivity index (χ0n) is 21.3. The van der Waals surface area contributed by atoms with Crippen molar-refractivity contribution in [1.29, 1.82) is 0 Å². The van der Waals surface area contributed by atoms with Gasteiger partial charge in [-0.15, -0.1) is 5.10 Å². The number of hydrogen-bond donors (Lipinski definition) is 5. The summed E-state index contributed by atoms with van der Waals surface area (Å²) in [6.45, 7) is 5.25. The quantitative estimate of drug-likeness (QED) is 0.163. The number of anilines is 1. The lowest BCUT2D eigenvalue weighted by Crippen LogP contribution is -2.29. The van der Waals surface area contributed by atoms with Crippen LogP contribution in [0, 0.1) is 0 Å². The maximum absolute atomic E-state index is 10.8. The van der Waals surface area contributed by atoms with E-state index in [4.69, 9.17) is 5.11 Å². The van der Waals surface area contributed by atoms with Gasteiger partial charge in [-0.2, -0.15) is 0 Å². The molecule has 14 heteroatoms. The molecule has 1 aliphatic rings. The van der Waals surface area contributed by atoms with Gasteiger partial charge in [0.15, 0.2) is 22.1 Å². The van der Waals surface area contributed by atoms with Crippen molar-refractivity contribution in [2.45, 2.75) is 75.8 Å². The Hall–Kier alpha value is -2.71. The summed E-state index contributed by atoms with van der Waals surface area (Å²) in [6, 6.07) is -0.303. The molecule has 0 bridgehead atoms. The summed E-state index contributed by atoms with van der Waals surface area (Å²) in [5.74, 6) is 1.54. The second-order valence-electron chi connectivity index (χ2n) is 8.66. The fraction of sp³-hybridized carbons (Fsp3) is 0.727. The maximum Gasteiger partial charge on any atom is 0.404 e. The van der Waals surface area contributed by atoms with Crippen molar-refractivity contribution >= 4 is 40.7 Å². The molecule has 3 atom stereocenters. The Bertz CT molecular complexity index is 989. The number of nitrogens with one attached hydrogen (secondary N) is 2. The Morgan fingerprint density at radius 1 is 1.14 bits per heavy atom. The highest BCUT2D eigenvalue weighted by Crippen LogP contribution is 2.33. The molecule has 0 spiro atoms. The lowest BCUT2D eigenvalue weighted by atomic mass is 10.2. The number of unbranched alkanes of at least 4 members (excludes halogenated alkanes) is 1. The van der Waals surface area contributed by atoms with E-state index in [1.165, 1.54) is 4.90 Å². The molecule has 2 aromatic heterocycles. The van der Waals surface area contributed by atoms with Crippen LogP contribution in [-0.4, -0.2) is 102 Å². The Kier molecular flexibility index (Phi) is 12.1. The zero-order chi connectivity index (χ0) is 26.7. The number of aromatic nitrogens is 5. The van der Waals surface area contributed by atoms with Crippen molar-refractivity contribution in [3.8, 4) is 0 Å². The predicted octanol–water partition coefficient (Wildman–Crippen LogP) is 1.72. The monoisotopic (exact) mass is 526 g/mol. The first kappa shape index (κ1) is 29.5. The lowest BCUT2D eigenvalue weighted by Gasteiger charge is -2.16. The highest BCUT2D eigenvalue weighted by molar-refractivity contribution is 7.99. The second kappa shape index (κ2) is 14.8. The molecule has 5 N–H and O–H groups in total. The summed E-state index contributed by atoms with van der Waals surface area (Å²) in [5.41, 5.74) is 1.23. The van der Waals surface area contributed by atoms with Crippen LogP contribution in [0.2, 0.25) is 0 Å². The van der Waals surface area contributed by atoms with Crippen LogP contribution in [0.25, 0.3) is 11.2 Å². The third-order valence-electron chi connectivity index (χ3n) is 5.54. The number of carbonyl (C=O) groups is 2. The van der Waals surface area contributed by atoms with Crippen molar-refractivity contribution in [3.05, 3.63) is 0 Å². The smallest absolute Gasteiger partial charge is 0.404 e. The van der Waals surface area contributed by atoms with Gasteiger partial charge in [-0.1, -0.05) is 37.2 Å². The Morgan fingerprint density at radius 2 is 1.89 bits per heavy atom.